The highest BCUT2D eigenvalue weighted by molar-refractivity contribution is 5.62. The van der Waals surface area contributed by atoms with Crippen LogP contribution < -0.4 is 4.74 Å². The Morgan fingerprint density at radius 1 is 1.31 bits per heavy atom. The van der Waals surface area contributed by atoms with Gasteiger partial charge < -0.3 is 4.74 Å². The molecular weight excluding hydrogens is 200 g/mol. The zero-order valence-electron chi connectivity index (χ0n) is 9.29. The van der Waals surface area contributed by atoms with E-state index in [-0.39, 0.29) is 0 Å². The van der Waals surface area contributed by atoms with E-state index in [0.717, 1.165) is 42.1 Å². The Bertz CT molecular complexity index is 516. The molecule has 2 heterocycles. The summed E-state index contributed by atoms with van der Waals surface area (Å²) < 4.78 is 5.59. The van der Waals surface area contributed by atoms with Gasteiger partial charge in [-0.05, 0) is 49.6 Å². The molecule has 3 nitrogen and oxygen atoms in total. The number of aromatic amines is 1. The van der Waals surface area contributed by atoms with Crippen molar-refractivity contribution >= 4 is 0 Å². The first-order valence-corrected chi connectivity index (χ1v) is 5.61. The van der Waals surface area contributed by atoms with Crippen LogP contribution in [-0.2, 0) is 6.42 Å². The minimum atomic E-state index is 0.841. The molecule has 1 N–H and O–H groups in total. The number of benzene rings is 1. The molecule has 1 aliphatic heterocycles. The third-order valence-corrected chi connectivity index (χ3v) is 2.91. The van der Waals surface area contributed by atoms with Gasteiger partial charge in [-0.2, -0.15) is 5.10 Å². The Kier molecular flexibility index (Phi) is 2.17. The van der Waals surface area contributed by atoms with Crippen LogP contribution in [0.4, 0.5) is 0 Å². The van der Waals surface area contributed by atoms with Crippen molar-refractivity contribution in [2.45, 2.75) is 19.8 Å². The van der Waals surface area contributed by atoms with Gasteiger partial charge in [-0.25, -0.2) is 0 Å². The second kappa shape index (κ2) is 3.67. The number of aryl methyl sites for hydroxylation is 2. The van der Waals surface area contributed by atoms with Crippen LogP contribution in [0.3, 0.4) is 0 Å². The number of rotatable bonds is 1. The minimum Gasteiger partial charge on any atom is -0.493 e. The Hall–Kier alpha value is -1.77. The standard InChI is InChI=1S/C13H14N2O/c1-9-7-12(15-14-9)10-4-5-13-11(8-10)3-2-6-16-13/h4-5,7-8H,2-3,6H2,1H3,(H,14,15). The largest absolute Gasteiger partial charge is 0.493 e. The fraction of sp³-hybridized carbons (Fsp3) is 0.308. The van der Waals surface area contributed by atoms with Crippen LogP contribution in [-0.4, -0.2) is 16.8 Å². The van der Waals surface area contributed by atoms with Crippen molar-refractivity contribution in [1.29, 1.82) is 0 Å². The Morgan fingerprint density at radius 2 is 2.25 bits per heavy atom. The highest BCUT2D eigenvalue weighted by Crippen LogP contribution is 2.29. The van der Waals surface area contributed by atoms with Crippen LogP contribution in [0.15, 0.2) is 24.3 Å². The van der Waals surface area contributed by atoms with Gasteiger partial charge in [-0.3, -0.25) is 5.10 Å². The molecular formula is C13H14N2O. The van der Waals surface area contributed by atoms with Gasteiger partial charge in [0.1, 0.15) is 5.75 Å². The fourth-order valence-corrected chi connectivity index (χ4v) is 2.09. The number of fused-ring (bicyclic) bond motifs is 1. The molecule has 1 aromatic heterocycles. The van der Waals surface area contributed by atoms with E-state index in [1.165, 1.54) is 5.56 Å². The zero-order valence-corrected chi connectivity index (χ0v) is 9.29. The lowest BCUT2D eigenvalue weighted by atomic mass is 10.0. The van der Waals surface area contributed by atoms with Crippen LogP contribution in [0.25, 0.3) is 11.3 Å². The second-order valence-corrected chi connectivity index (χ2v) is 4.21. The smallest absolute Gasteiger partial charge is 0.122 e. The number of H-pyrrole nitrogens is 1. The lowest BCUT2D eigenvalue weighted by Gasteiger charge is -2.17. The minimum absolute atomic E-state index is 0.841. The zero-order chi connectivity index (χ0) is 11.0. The highest BCUT2D eigenvalue weighted by Gasteiger charge is 2.11. The number of ether oxygens (including phenoxy) is 1. The summed E-state index contributed by atoms with van der Waals surface area (Å²) in [5.74, 6) is 1.03. The molecule has 82 valence electrons. The number of nitrogens with zero attached hydrogens (tertiary/aromatic N) is 1. The second-order valence-electron chi connectivity index (χ2n) is 4.21. The van der Waals surface area contributed by atoms with E-state index in [4.69, 9.17) is 4.74 Å². The first kappa shape index (κ1) is 9.46. The number of hydrogen-bond donors (Lipinski definition) is 1. The van der Waals surface area contributed by atoms with Crippen molar-refractivity contribution in [3.63, 3.8) is 0 Å². The monoisotopic (exact) mass is 214 g/mol. The van der Waals surface area contributed by atoms with E-state index >= 15 is 0 Å². The topological polar surface area (TPSA) is 37.9 Å². The van der Waals surface area contributed by atoms with E-state index < -0.39 is 0 Å². The summed E-state index contributed by atoms with van der Waals surface area (Å²) >= 11 is 0. The van der Waals surface area contributed by atoms with Gasteiger partial charge in [-0.15, -0.1) is 0 Å². The Labute approximate surface area is 94.5 Å². The molecule has 16 heavy (non-hydrogen) atoms. The third-order valence-electron chi connectivity index (χ3n) is 2.91. The molecule has 0 radical (unpaired) electrons. The van der Waals surface area contributed by atoms with Gasteiger partial charge in [0, 0.05) is 11.3 Å². The Balaban J connectivity index is 2.02. The van der Waals surface area contributed by atoms with Gasteiger partial charge in [0.25, 0.3) is 0 Å². The molecule has 3 rings (SSSR count). The normalized spacial score (nSPS) is 14.3. The molecule has 0 saturated carbocycles. The number of hydrogen-bond acceptors (Lipinski definition) is 2. The van der Waals surface area contributed by atoms with Gasteiger partial charge in [0.2, 0.25) is 0 Å². The molecule has 0 bridgehead atoms. The van der Waals surface area contributed by atoms with Crippen molar-refractivity contribution in [2.75, 3.05) is 6.61 Å². The summed E-state index contributed by atoms with van der Waals surface area (Å²) in [5.41, 5.74) is 4.55. The number of nitrogens with one attached hydrogen (secondary N) is 1. The lowest BCUT2D eigenvalue weighted by molar-refractivity contribution is 0.288. The lowest BCUT2D eigenvalue weighted by Crippen LogP contribution is -2.08. The molecule has 3 heteroatoms. The molecule has 0 amide bonds. The molecule has 1 aromatic carbocycles. The highest BCUT2D eigenvalue weighted by atomic mass is 16.5. The molecule has 0 fully saturated rings. The van der Waals surface area contributed by atoms with Crippen molar-refractivity contribution in [3.8, 4) is 17.0 Å². The summed E-state index contributed by atoms with van der Waals surface area (Å²) in [5, 5.41) is 7.24. The van der Waals surface area contributed by atoms with E-state index in [1.807, 2.05) is 13.0 Å². The average molecular weight is 214 g/mol. The van der Waals surface area contributed by atoms with Crippen LogP contribution in [0.5, 0.6) is 5.75 Å². The van der Waals surface area contributed by atoms with Crippen molar-refractivity contribution in [3.05, 3.63) is 35.5 Å². The molecule has 0 saturated heterocycles. The van der Waals surface area contributed by atoms with Gasteiger partial charge in [-0.1, -0.05) is 0 Å². The predicted molar refractivity (Wildman–Crippen MR) is 62.6 cm³/mol. The molecule has 0 spiro atoms. The van der Waals surface area contributed by atoms with E-state index in [0.29, 0.717) is 0 Å². The van der Waals surface area contributed by atoms with Crippen molar-refractivity contribution < 1.29 is 4.74 Å². The maximum Gasteiger partial charge on any atom is 0.122 e. The molecule has 1 aliphatic rings. The van der Waals surface area contributed by atoms with E-state index in [2.05, 4.69) is 28.4 Å². The van der Waals surface area contributed by atoms with Gasteiger partial charge >= 0.3 is 0 Å². The van der Waals surface area contributed by atoms with Crippen molar-refractivity contribution in [2.24, 2.45) is 0 Å². The van der Waals surface area contributed by atoms with E-state index in [9.17, 15) is 0 Å². The quantitative estimate of drug-likeness (QED) is 0.792. The van der Waals surface area contributed by atoms with Crippen LogP contribution >= 0.6 is 0 Å². The fourth-order valence-electron chi connectivity index (χ4n) is 2.09. The average Bonchev–Trinajstić information content (AvgIpc) is 2.75. The van der Waals surface area contributed by atoms with E-state index in [1.54, 1.807) is 0 Å². The van der Waals surface area contributed by atoms with Crippen molar-refractivity contribution in [1.82, 2.24) is 10.2 Å². The summed E-state index contributed by atoms with van der Waals surface area (Å²) in [6, 6.07) is 8.36. The first-order valence-electron chi connectivity index (χ1n) is 5.61. The maximum atomic E-state index is 5.59. The van der Waals surface area contributed by atoms with Crippen LogP contribution in [0.2, 0.25) is 0 Å². The molecule has 0 atom stereocenters. The molecule has 2 aromatic rings. The third kappa shape index (κ3) is 1.58. The predicted octanol–water partition coefficient (Wildman–Crippen LogP) is 2.71. The summed E-state index contributed by atoms with van der Waals surface area (Å²) in [4.78, 5) is 0. The summed E-state index contributed by atoms with van der Waals surface area (Å²) in [6.07, 6.45) is 2.21. The van der Waals surface area contributed by atoms with Crippen LogP contribution in [0, 0.1) is 6.92 Å². The van der Waals surface area contributed by atoms with Gasteiger partial charge in [0.05, 0.1) is 12.3 Å². The van der Waals surface area contributed by atoms with Gasteiger partial charge in [0.15, 0.2) is 0 Å². The Morgan fingerprint density at radius 3 is 3.06 bits per heavy atom. The van der Waals surface area contributed by atoms with Crippen LogP contribution in [0.1, 0.15) is 17.7 Å². The summed E-state index contributed by atoms with van der Waals surface area (Å²) in [7, 11) is 0. The molecule has 0 unspecified atom stereocenters. The maximum absolute atomic E-state index is 5.59. The molecule has 0 aliphatic carbocycles. The SMILES string of the molecule is Cc1cc(-c2ccc3c(c2)CCCO3)n[nH]1. The summed E-state index contributed by atoms with van der Waals surface area (Å²) in [6.45, 7) is 2.85. The number of aromatic nitrogens is 2. The first-order chi connectivity index (χ1) is 7.83.